The third-order valence-electron chi connectivity index (χ3n) is 5.15. The van der Waals surface area contributed by atoms with Gasteiger partial charge < -0.3 is 14.4 Å². The van der Waals surface area contributed by atoms with Gasteiger partial charge in [-0.15, -0.1) is 0 Å². The van der Waals surface area contributed by atoms with E-state index in [9.17, 15) is 9.90 Å². The highest BCUT2D eigenvalue weighted by Gasteiger charge is 2.15. The fourth-order valence-corrected chi connectivity index (χ4v) is 3.48. The first-order valence-corrected chi connectivity index (χ1v) is 9.45. The molecule has 6 heteroatoms. The number of nitrogens with zero attached hydrogens (tertiary/aromatic N) is 3. The van der Waals surface area contributed by atoms with Gasteiger partial charge in [0.15, 0.2) is 0 Å². The standard InChI is InChI=1S/C23H23N3O3/c1-15-4-5-16(2)19(12-15)22(27)14-25-10-11-26-21(23(25)28)13-20(24-26)17-6-8-18(29-3)9-7-17/h4-13,22,27H,14H2,1-3H3. The summed E-state index contributed by atoms with van der Waals surface area (Å²) in [6, 6.07) is 15.3. The first kappa shape index (κ1) is 19.0. The molecule has 29 heavy (non-hydrogen) atoms. The Balaban J connectivity index is 1.67. The van der Waals surface area contributed by atoms with E-state index in [1.54, 1.807) is 30.1 Å². The zero-order valence-electron chi connectivity index (χ0n) is 16.7. The van der Waals surface area contributed by atoms with Gasteiger partial charge in [0, 0.05) is 18.0 Å². The van der Waals surface area contributed by atoms with Gasteiger partial charge in [0.05, 0.1) is 25.5 Å². The predicted octanol–water partition coefficient (Wildman–Crippen LogP) is 3.52. The number of aliphatic hydroxyl groups is 1. The molecule has 0 fully saturated rings. The van der Waals surface area contributed by atoms with Crippen LogP contribution in [0.1, 0.15) is 22.8 Å². The number of methoxy groups -OCH3 is 1. The van der Waals surface area contributed by atoms with Gasteiger partial charge in [-0.25, -0.2) is 4.52 Å². The van der Waals surface area contributed by atoms with E-state index >= 15 is 0 Å². The number of hydrogen-bond acceptors (Lipinski definition) is 4. The van der Waals surface area contributed by atoms with Gasteiger partial charge in [-0.1, -0.05) is 23.8 Å². The molecular weight excluding hydrogens is 366 g/mol. The lowest BCUT2D eigenvalue weighted by Crippen LogP contribution is -2.24. The van der Waals surface area contributed by atoms with E-state index in [1.807, 2.05) is 56.3 Å². The van der Waals surface area contributed by atoms with Crippen molar-refractivity contribution < 1.29 is 9.84 Å². The van der Waals surface area contributed by atoms with Gasteiger partial charge in [-0.3, -0.25) is 4.79 Å². The molecule has 0 amide bonds. The quantitative estimate of drug-likeness (QED) is 0.567. The van der Waals surface area contributed by atoms with E-state index in [4.69, 9.17) is 4.74 Å². The van der Waals surface area contributed by atoms with Crippen molar-refractivity contribution in [2.45, 2.75) is 26.5 Å². The molecule has 4 rings (SSSR count). The Kier molecular flexibility index (Phi) is 4.94. The van der Waals surface area contributed by atoms with Gasteiger partial charge in [0.2, 0.25) is 0 Å². The van der Waals surface area contributed by atoms with Crippen LogP contribution in [0.15, 0.2) is 65.7 Å². The Morgan fingerprint density at radius 3 is 2.55 bits per heavy atom. The van der Waals surface area contributed by atoms with Crippen LogP contribution in [0.5, 0.6) is 5.75 Å². The second kappa shape index (κ2) is 7.56. The minimum atomic E-state index is -0.765. The Labute approximate surface area is 168 Å². The lowest BCUT2D eigenvalue weighted by molar-refractivity contribution is 0.154. The molecule has 6 nitrogen and oxygen atoms in total. The third kappa shape index (κ3) is 3.67. The number of aromatic nitrogens is 3. The van der Waals surface area contributed by atoms with Gasteiger partial charge in [0.25, 0.3) is 5.56 Å². The second-order valence-electron chi connectivity index (χ2n) is 7.22. The number of benzene rings is 2. The molecule has 0 spiro atoms. The summed E-state index contributed by atoms with van der Waals surface area (Å²) in [6.45, 7) is 4.13. The monoisotopic (exact) mass is 389 g/mol. The lowest BCUT2D eigenvalue weighted by atomic mass is 10.0. The van der Waals surface area contributed by atoms with Crippen molar-refractivity contribution >= 4 is 5.52 Å². The fraction of sp³-hybridized carbons (Fsp3) is 0.217. The molecule has 0 aliphatic heterocycles. The van der Waals surface area contributed by atoms with Crippen LogP contribution in [-0.2, 0) is 6.54 Å². The van der Waals surface area contributed by atoms with Crippen molar-refractivity contribution in [1.82, 2.24) is 14.2 Å². The lowest BCUT2D eigenvalue weighted by Gasteiger charge is -2.16. The van der Waals surface area contributed by atoms with Crippen LogP contribution in [0.3, 0.4) is 0 Å². The van der Waals surface area contributed by atoms with Crippen LogP contribution >= 0.6 is 0 Å². The zero-order valence-corrected chi connectivity index (χ0v) is 16.7. The summed E-state index contributed by atoms with van der Waals surface area (Å²) in [4.78, 5) is 13.0. The predicted molar refractivity (Wildman–Crippen MR) is 112 cm³/mol. The van der Waals surface area contributed by atoms with Crippen molar-refractivity contribution in [3.05, 3.63) is 88.0 Å². The fourth-order valence-electron chi connectivity index (χ4n) is 3.48. The van der Waals surface area contributed by atoms with E-state index in [-0.39, 0.29) is 12.1 Å². The first-order chi connectivity index (χ1) is 14.0. The first-order valence-electron chi connectivity index (χ1n) is 9.45. The molecule has 148 valence electrons. The van der Waals surface area contributed by atoms with E-state index in [2.05, 4.69) is 5.10 Å². The second-order valence-corrected chi connectivity index (χ2v) is 7.22. The minimum Gasteiger partial charge on any atom is -0.497 e. The number of aryl methyl sites for hydroxylation is 2. The molecule has 4 aromatic rings. The molecule has 0 aliphatic carbocycles. The van der Waals surface area contributed by atoms with E-state index in [0.717, 1.165) is 28.0 Å². The van der Waals surface area contributed by atoms with Crippen LogP contribution in [0.25, 0.3) is 16.8 Å². The molecule has 1 unspecified atom stereocenters. The smallest absolute Gasteiger partial charge is 0.276 e. The zero-order chi connectivity index (χ0) is 20.5. The molecule has 0 aliphatic rings. The van der Waals surface area contributed by atoms with Crippen molar-refractivity contribution in [3.63, 3.8) is 0 Å². The number of rotatable bonds is 5. The molecular formula is C23H23N3O3. The highest BCUT2D eigenvalue weighted by Crippen LogP contribution is 2.23. The summed E-state index contributed by atoms with van der Waals surface area (Å²) in [6.07, 6.45) is 2.63. The van der Waals surface area contributed by atoms with Crippen molar-refractivity contribution in [2.75, 3.05) is 7.11 Å². The molecule has 2 aromatic heterocycles. The molecule has 1 atom stereocenters. The highest BCUT2D eigenvalue weighted by molar-refractivity contribution is 5.66. The third-order valence-corrected chi connectivity index (χ3v) is 5.15. The van der Waals surface area contributed by atoms with Gasteiger partial charge in [-0.2, -0.15) is 5.10 Å². The maximum absolute atomic E-state index is 13.0. The van der Waals surface area contributed by atoms with Crippen LogP contribution in [0.4, 0.5) is 0 Å². The average molecular weight is 389 g/mol. The molecule has 0 bridgehead atoms. The van der Waals surface area contributed by atoms with Crippen molar-refractivity contribution in [1.29, 1.82) is 0 Å². The Morgan fingerprint density at radius 1 is 1.07 bits per heavy atom. The van der Waals surface area contributed by atoms with Gasteiger partial charge in [0.1, 0.15) is 11.3 Å². The topological polar surface area (TPSA) is 68.8 Å². The molecule has 0 saturated carbocycles. The summed E-state index contributed by atoms with van der Waals surface area (Å²) >= 11 is 0. The Bertz CT molecular complexity index is 1220. The molecule has 1 N–H and O–H groups in total. The summed E-state index contributed by atoms with van der Waals surface area (Å²) < 4.78 is 8.29. The average Bonchev–Trinajstić information content (AvgIpc) is 3.17. The van der Waals surface area contributed by atoms with Crippen LogP contribution < -0.4 is 10.3 Å². The van der Waals surface area contributed by atoms with Crippen molar-refractivity contribution in [3.8, 4) is 17.0 Å². The highest BCUT2D eigenvalue weighted by atomic mass is 16.5. The van der Waals surface area contributed by atoms with Crippen molar-refractivity contribution in [2.24, 2.45) is 0 Å². The maximum Gasteiger partial charge on any atom is 0.276 e. The normalized spacial score (nSPS) is 12.3. The number of hydrogen-bond donors (Lipinski definition) is 1. The van der Waals surface area contributed by atoms with Gasteiger partial charge in [-0.05, 0) is 55.3 Å². The number of ether oxygens (including phenoxy) is 1. The minimum absolute atomic E-state index is 0.183. The molecule has 2 heterocycles. The molecule has 0 saturated heterocycles. The summed E-state index contributed by atoms with van der Waals surface area (Å²) in [5.74, 6) is 0.764. The molecule has 2 aromatic carbocycles. The Morgan fingerprint density at radius 2 is 1.83 bits per heavy atom. The Hall–Kier alpha value is -3.38. The largest absolute Gasteiger partial charge is 0.497 e. The summed E-state index contributed by atoms with van der Waals surface area (Å²) in [5, 5.41) is 15.2. The number of fused-ring (bicyclic) bond motifs is 1. The van der Waals surface area contributed by atoms with Crippen LogP contribution in [0, 0.1) is 13.8 Å². The SMILES string of the molecule is COc1ccc(-c2cc3c(=O)n(CC(O)c4cc(C)ccc4C)ccn3n2)cc1. The summed E-state index contributed by atoms with van der Waals surface area (Å²) in [7, 11) is 1.62. The summed E-state index contributed by atoms with van der Waals surface area (Å²) in [5.41, 5.74) is 4.80. The van der Waals surface area contributed by atoms with E-state index < -0.39 is 6.10 Å². The van der Waals surface area contributed by atoms with E-state index in [0.29, 0.717) is 11.2 Å². The van der Waals surface area contributed by atoms with Gasteiger partial charge >= 0.3 is 0 Å². The number of aliphatic hydroxyl groups excluding tert-OH is 1. The van der Waals surface area contributed by atoms with Crippen LogP contribution in [-0.4, -0.2) is 26.4 Å². The molecule has 0 radical (unpaired) electrons. The van der Waals surface area contributed by atoms with Crippen LogP contribution in [0.2, 0.25) is 0 Å². The maximum atomic E-state index is 13.0. The van der Waals surface area contributed by atoms with E-state index in [1.165, 1.54) is 4.57 Å².